The van der Waals surface area contributed by atoms with E-state index in [4.69, 9.17) is 10.5 Å². The average Bonchev–Trinajstić information content (AvgIpc) is 2.44. The fraction of sp³-hybridized carbons (Fsp3) is 0.500. The van der Waals surface area contributed by atoms with Gasteiger partial charge in [0.05, 0.1) is 20.1 Å². The molecule has 0 bridgehead atoms. The SMILES string of the molecule is CCOc1ccc(C(N)CSCCC(=O)OC)cc1. The minimum Gasteiger partial charge on any atom is -0.494 e. The van der Waals surface area contributed by atoms with E-state index in [9.17, 15) is 4.79 Å². The van der Waals surface area contributed by atoms with Crippen LogP contribution in [0.25, 0.3) is 0 Å². The number of rotatable bonds is 8. The van der Waals surface area contributed by atoms with Gasteiger partial charge in [-0.05, 0) is 24.6 Å². The lowest BCUT2D eigenvalue weighted by molar-refractivity contribution is -0.140. The van der Waals surface area contributed by atoms with Crippen LogP contribution in [0.15, 0.2) is 24.3 Å². The highest BCUT2D eigenvalue weighted by molar-refractivity contribution is 7.99. The minimum absolute atomic E-state index is 0.0293. The number of benzene rings is 1. The molecule has 0 amide bonds. The van der Waals surface area contributed by atoms with Gasteiger partial charge in [0, 0.05) is 17.5 Å². The molecule has 0 spiro atoms. The second kappa shape index (κ2) is 8.82. The van der Waals surface area contributed by atoms with E-state index in [0.29, 0.717) is 13.0 Å². The number of thioether (sulfide) groups is 1. The molecule has 1 atom stereocenters. The lowest BCUT2D eigenvalue weighted by Crippen LogP contribution is -2.13. The van der Waals surface area contributed by atoms with Crippen LogP contribution in [-0.2, 0) is 9.53 Å². The Morgan fingerprint density at radius 1 is 1.37 bits per heavy atom. The van der Waals surface area contributed by atoms with Gasteiger partial charge in [-0.2, -0.15) is 11.8 Å². The third kappa shape index (κ3) is 5.98. The third-order valence-corrected chi connectivity index (χ3v) is 3.68. The summed E-state index contributed by atoms with van der Waals surface area (Å²) in [7, 11) is 1.40. The van der Waals surface area contributed by atoms with Crippen LogP contribution in [0.1, 0.15) is 24.9 Å². The van der Waals surface area contributed by atoms with E-state index in [0.717, 1.165) is 22.8 Å². The molecule has 0 aliphatic rings. The first-order chi connectivity index (χ1) is 9.17. The van der Waals surface area contributed by atoms with Gasteiger partial charge in [-0.1, -0.05) is 12.1 Å². The van der Waals surface area contributed by atoms with Crippen molar-refractivity contribution in [1.82, 2.24) is 0 Å². The Hall–Kier alpha value is -1.20. The number of hydrogen-bond donors (Lipinski definition) is 1. The molecule has 0 heterocycles. The molecule has 19 heavy (non-hydrogen) atoms. The smallest absolute Gasteiger partial charge is 0.306 e. The van der Waals surface area contributed by atoms with E-state index in [1.807, 2.05) is 31.2 Å². The summed E-state index contributed by atoms with van der Waals surface area (Å²) >= 11 is 1.66. The Bertz CT molecular complexity index is 381. The zero-order chi connectivity index (χ0) is 14.1. The van der Waals surface area contributed by atoms with Crippen LogP contribution in [0.5, 0.6) is 5.75 Å². The van der Waals surface area contributed by atoms with Gasteiger partial charge < -0.3 is 15.2 Å². The monoisotopic (exact) mass is 283 g/mol. The number of ether oxygens (including phenoxy) is 2. The first kappa shape index (κ1) is 15.9. The molecule has 2 N–H and O–H groups in total. The summed E-state index contributed by atoms with van der Waals surface area (Å²) in [5.41, 5.74) is 7.17. The summed E-state index contributed by atoms with van der Waals surface area (Å²) in [4.78, 5) is 10.9. The average molecular weight is 283 g/mol. The second-order valence-electron chi connectivity index (χ2n) is 4.01. The van der Waals surface area contributed by atoms with E-state index < -0.39 is 0 Å². The van der Waals surface area contributed by atoms with Crippen molar-refractivity contribution in [3.63, 3.8) is 0 Å². The molecule has 106 valence electrons. The predicted octanol–water partition coefficient (Wildman–Crippen LogP) is 2.38. The lowest BCUT2D eigenvalue weighted by atomic mass is 10.1. The molecule has 0 radical (unpaired) electrons. The van der Waals surface area contributed by atoms with Crippen LogP contribution in [0.3, 0.4) is 0 Å². The molecular formula is C14H21NO3S. The van der Waals surface area contributed by atoms with Crippen molar-refractivity contribution in [3.8, 4) is 5.75 Å². The number of hydrogen-bond acceptors (Lipinski definition) is 5. The van der Waals surface area contributed by atoms with Crippen molar-refractivity contribution < 1.29 is 14.3 Å². The van der Waals surface area contributed by atoms with Gasteiger partial charge in [0.2, 0.25) is 0 Å². The van der Waals surface area contributed by atoms with Gasteiger partial charge in [0.25, 0.3) is 0 Å². The van der Waals surface area contributed by atoms with Gasteiger partial charge in [-0.3, -0.25) is 4.79 Å². The Morgan fingerprint density at radius 3 is 2.63 bits per heavy atom. The first-order valence-corrected chi connectivity index (χ1v) is 7.45. The fourth-order valence-corrected chi connectivity index (χ4v) is 2.47. The normalized spacial score (nSPS) is 11.9. The molecule has 0 saturated heterocycles. The van der Waals surface area contributed by atoms with Crippen molar-refractivity contribution >= 4 is 17.7 Å². The Morgan fingerprint density at radius 2 is 2.05 bits per heavy atom. The maximum Gasteiger partial charge on any atom is 0.306 e. The van der Waals surface area contributed by atoms with Gasteiger partial charge >= 0.3 is 5.97 Å². The number of carbonyl (C=O) groups is 1. The minimum atomic E-state index is -0.179. The topological polar surface area (TPSA) is 61.5 Å². The predicted molar refractivity (Wildman–Crippen MR) is 78.5 cm³/mol. The molecule has 4 nitrogen and oxygen atoms in total. The number of methoxy groups -OCH3 is 1. The Kier molecular flexibility index (Phi) is 7.36. The first-order valence-electron chi connectivity index (χ1n) is 6.30. The van der Waals surface area contributed by atoms with Crippen LogP contribution in [-0.4, -0.2) is 31.2 Å². The van der Waals surface area contributed by atoms with Crippen molar-refractivity contribution in [1.29, 1.82) is 0 Å². The van der Waals surface area contributed by atoms with Crippen LogP contribution >= 0.6 is 11.8 Å². The van der Waals surface area contributed by atoms with Crippen molar-refractivity contribution in [3.05, 3.63) is 29.8 Å². The van der Waals surface area contributed by atoms with Crippen molar-refractivity contribution in [2.75, 3.05) is 25.2 Å². The highest BCUT2D eigenvalue weighted by atomic mass is 32.2. The molecule has 1 rings (SSSR count). The molecular weight excluding hydrogens is 262 g/mol. The summed E-state index contributed by atoms with van der Waals surface area (Å²) in [6.07, 6.45) is 0.428. The largest absolute Gasteiger partial charge is 0.494 e. The van der Waals surface area contributed by atoms with E-state index in [1.54, 1.807) is 11.8 Å². The number of esters is 1. The van der Waals surface area contributed by atoms with Crippen LogP contribution in [0.2, 0.25) is 0 Å². The van der Waals surface area contributed by atoms with E-state index in [1.165, 1.54) is 7.11 Å². The Labute approximate surface area is 118 Å². The zero-order valence-electron chi connectivity index (χ0n) is 11.4. The summed E-state index contributed by atoms with van der Waals surface area (Å²) < 4.78 is 9.96. The molecule has 0 aliphatic heterocycles. The van der Waals surface area contributed by atoms with Crippen molar-refractivity contribution in [2.24, 2.45) is 5.73 Å². The molecule has 0 aliphatic carbocycles. The summed E-state index contributed by atoms with van der Waals surface area (Å²) in [5, 5.41) is 0. The van der Waals surface area contributed by atoms with E-state index >= 15 is 0 Å². The molecule has 1 unspecified atom stereocenters. The van der Waals surface area contributed by atoms with Crippen LogP contribution < -0.4 is 10.5 Å². The summed E-state index contributed by atoms with van der Waals surface area (Å²) in [6, 6.07) is 7.79. The molecule has 0 aromatic heterocycles. The maximum atomic E-state index is 10.9. The quantitative estimate of drug-likeness (QED) is 0.586. The van der Waals surface area contributed by atoms with Crippen LogP contribution in [0, 0.1) is 0 Å². The van der Waals surface area contributed by atoms with Gasteiger partial charge in [-0.25, -0.2) is 0 Å². The molecule has 0 saturated carbocycles. The highest BCUT2D eigenvalue weighted by Crippen LogP contribution is 2.20. The molecule has 1 aromatic carbocycles. The molecule has 5 heteroatoms. The fourth-order valence-electron chi connectivity index (χ4n) is 1.54. The molecule has 1 aromatic rings. The third-order valence-electron chi connectivity index (χ3n) is 2.59. The number of nitrogens with two attached hydrogens (primary N) is 1. The van der Waals surface area contributed by atoms with Crippen LogP contribution in [0.4, 0.5) is 0 Å². The van der Waals surface area contributed by atoms with Gasteiger partial charge in [0.15, 0.2) is 0 Å². The number of carbonyl (C=O) groups excluding carboxylic acids is 1. The zero-order valence-corrected chi connectivity index (χ0v) is 12.2. The molecule has 0 fully saturated rings. The van der Waals surface area contributed by atoms with E-state index in [2.05, 4.69) is 4.74 Å². The van der Waals surface area contributed by atoms with Gasteiger partial charge in [0.1, 0.15) is 5.75 Å². The van der Waals surface area contributed by atoms with Crippen molar-refractivity contribution in [2.45, 2.75) is 19.4 Å². The maximum absolute atomic E-state index is 10.9. The lowest BCUT2D eigenvalue weighted by Gasteiger charge is -2.12. The highest BCUT2D eigenvalue weighted by Gasteiger charge is 2.07. The summed E-state index contributed by atoms with van der Waals surface area (Å²) in [5.74, 6) is 2.20. The van der Waals surface area contributed by atoms with E-state index in [-0.39, 0.29) is 12.0 Å². The summed E-state index contributed by atoms with van der Waals surface area (Å²) in [6.45, 7) is 2.62. The van der Waals surface area contributed by atoms with Gasteiger partial charge in [-0.15, -0.1) is 0 Å². The Balaban J connectivity index is 2.32. The second-order valence-corrected chi connectivity index (χ2v) is 5.16. The standard InChI is InChI=1S/C14H21NO3S/c1-3-18-12-6-4-11(5-7-12)13(15)10-19-9-8-14(16)17-2/h4-7,13H,3,8-10,15H2,1-2H3.